The second kappa shape index (κ2) is 4.97. The lowest BCUT2D eigenvalue weighted by atomic mass is 9.86. The maximum Gasteiger partial charge on any atom is 0.330 e. The topological polar surface area (TPSA) is 26.3 Å². The van der Waals surface area contributed by atoms with Crippen LogP contribution in [0.2, 0.25) is 0 Å². The van der Waals surface area contributed by atoms with Crippen molar-refractivity contribution in [2.75, 3.05) is 7.11 Å². The van der Waals surface area contributed by atoms with Gasteiger partial charge in [-0.25, -0.2) is 4.79 Å². The van der Waals surface area contributed by atoms with Crippen molar-refractivity contribution < 1.29 is 9.53 Å². The molecule has 0 aliphatic heterocycles. The Morgan fingerprint density at radius 3 is 2.56 bits per heavy atom. The summed E-state index contributed by atoms with van der Waals surface area (Å²) in [5.41, 5.74) is 2.38. The van der Waals surface area contributed by atoms with Gasteiger partial charge in [-0.3, -0.25) is 0 Å². The highest BCUT2D eigenvalue weighted by molar-refractivity contribution is 5.86. The molecule has 1 aromatic rings. The summed E-state index contributed by atoms with van der Waals surface area (Å²) in [5, 5.41) is 0. The number of hydrogen-bond donors (Lipinski definition) is 0. The Hall–Kier alpha value is -1.57. The van der Waals surface area contributed by atoms with Crippen LogP contribution in [0.1, 0.15) is 31.9 Å². The largest absolute Gasteiger partial charge is 0.466 e. The molecule has 0 amide bonds. The SMILES string of the molecule is COC(=O)/C=C/c1cccc(C(C)(C)C)c1. The predicted molar refractivity (Wildman–Crippen MR) is 66.2 cm³/mol. The van der Waals surface area contributed by atoms with Gasteiger partial charge < -0.3 is 4.74 Å². The summed E-state index contributed by atoms with van der Waals surface area (Å²) < 4.78 is 4.54. The van der Waals surface area contributed by atoms with Crippen molar-refractivity contribution in [2.24, 2.45) is 0 Å². The van der Waals surface area contributed by atoms with Crippen molar-refractivity contribution in [3.63, 3.8) is 0 Å². The fraction of sp³-hybridized carbons (Fsp3) is 0.357. The molecule has 0 atom stereocenters. The lowest BCUT2D eigenvalue weighted by Gasteiger charge is -2.19. The van der Waals surface area contributed by atoms with Crippen molar-refractivity contribution in [1.29, 1.82) is 0 Å². The number of esters is 1. The zero-order valence-corrected chi connectivity index (χ0v) is 10.3. The van der Waals surface area contributed by atoms with E-state index in [0.717, 1.165) is 5.56 Å². The normalized spacial score (nSPS) is 11.8. The van der Waals surface area contributed by atoms with Crippen LogP contribution in [0.3, 0.4) is 0 Å². The van der Waals surface area contributed by atoms with Crippen LogP contribution in [-0.4, -0.2) is 13.1 Å². The smallest absolute Gasteiger partial charge is 0.330 e. The van der Waals surface area contributed by atoms with Gasteiger partial charge in [0.1, 0.15) is 0 Å². The molecule has 2 nitrogen and oxygen atoms in total. The average molecular weight is 218 g/mol. The molecule has 0 aromatic heterocycles. The second-order valence-electron chi connectivity index (χ2n) is 4.73. The van der Waals surface area contributed by atoms with Gasteiger partial charge in [-0.2, -0.15) is 0 Å². The standard InChI is InChI=1S/C14H18O2/c1-14(2,3)12-7-5-6-11(10-12)8-9-13(15)16-4/h5-10H,1-4H3/b9-8+. The van der Waals surface area contributed by atoms with Crippen molar-refractivity contribution in [3.05, 3.63) is 41.5 Å². The van der Waals surface area contributed by atoms with E-state index in [-0.39, 0.29) is 11.4 Å². The highest BCUT2D eigenvalue weighted by atomic mass is 16.5. The fourth-order valence-corrected chi connectivity index (χ4v) is 1.34. The van der Waals surface area contributed by atoms with Crippen LogP contribution >= 0.6 is 0 Å². The highest BCUT2D eigenvalue weighted by Gasteiger charge is 2.12. The van der Waals surface area contributed by atoms with Crippen molar-refractivity contribution in [3.8, 4) is 0 Å². The molecule has 0 N–H and O–H groups in total. The molecule has 0 unspecified atom stereocenters. The Morgan fingerprint density at radius 1 is 1.31 bits per heavy atom. The summed E-state index contributed by atoms with van der Waals surface area (Å²) >= 11 is 0. The molecule has 1 rings (SSSR count). The molecule has 0 fully saturated rings. The minimum Gasteiger partial charge on any atom is -0.466 e. The Balaban J connectivity index is 2.91. The summed E-state index contributed by atoms with van der Waals surface area (Å²) in [6.45, 7) is 6.49. The van der Waals surface area contributed by atoms with Crippen LogP contribution in [0.25, 0.3) is 6.08 Å². The van der Waals surface area contributed by atoms with Crippen LogP contribution in [0.15, 0.2) is 30.3 Å². The lowest BCUT2D eigenvalue weighted by molar-refractivity contribution is -0.134. The van der Waals surface area contributed by atoms with Gasteiger partial charge in [-0.1, -0.05) is 45.0 Å². The molecule has 0 saturated heterocycles. The fourth-order valence-electron chi connectivity index (χ4n) is 1.34. The molecule has 0 aliphatic carbocycles. The van der Waals surface area contributed by atoms with Gasteiger partial charge in [0, 0.05) is 6.08 Å². The first kappa shape index (κ1) is 12.5. The molecular weight excluding hydrogens is 200 g/mol. The summed E-state index contributed by atoms with van der Waals surface area (Å²) in [6.07, 6.45) is 3.20. The van der Waals surface area contributed by atoms with Gasteiger partial charge in [0.25, 0.3) is 0 Å². The molecule has 0 radical (unpaired) electrons. The van der Waals surface area contributed by atoms with E-state index < -0.39 is 0 Å². The Kier molecular flexibility index (Phi) is 3.88. The average Bonchev–Trinajstić information content (AvgIpc) is 2.25. The maximum absolute atomic E-state index is 11.0. The van der Waals surface area contributed by atoms with Crippen LogP contribution in [0.4, 0.5) is 0 Å². The first-order valence-electron chi connectivity index (χ1n) is 5.30. The summed E-state index contributed by atoms with van der Waals surface area (Å²) in [4.78, 5) is 11.0. The van der Waals surface area contributed by atoms with Gasteiger partial charge in [0.05, 0.1) is 7.11 Å². The van der Waals surface area contributed by atoms with Crippen LogP contribution in [0, 0.1) is 0 Å². The Morgan fingerprint density at radius 2 is 2.00 bits per heavy atom. The summed E-state index contributed by atoms with van der Waals surface area (Å²) in [5.74, 6) is -0.332. The molecule has 0 saturated carbocycles. The minimum atomic E-state index is -0.332. The third-order valence-electron chi connectivity index (χ3n) is 2.37. The van der Waals surface area contributed by atoms with Gasteiger partial charge in [0.15, 0.2) is 0 Å². The van der Waals surface area contributed by atoms with E-state index in [1.165, 1.54) is 18.7 Å². The van der Waals surface area contributed by atoms with Crippen molar-refractivity contribution >= 4 is 12.0 Å². The number of carbonyl (C=O) groups is 1. The van der Waals surface area contributed by atoms with Gasteiger partial charge >= 0.3 is 5.97 Å². The minimum absolute atomic E-state index is 0.120. The zero-order chi connectivity index (χ0) is 12.2. The second-order valence-corrected chi connectivity index (χ2v) is 4.73. The van der Waals surface area contributed by atoms with E-state index in [2.05, 4.69) is 37.6 Å². The van der Waals surface area contributed by atoms with Crippen LogP contribution < -0.4 is 0 Å². The molecule has 86 valence electrons. The summed E-state index contributed by atoms with van der Waals surface area (Å²) in [7, 11) is 1.37. The monoisotopic (exact) mass is 218 g/mol. The molecule has 0 bridgehead atoms. The predicted octanol–water partition coefficient (Wildman–Crippen LogP) is 3.17. The molecule has 16 heavy (non-hydrogen) atoms. The number of benzene rings is 1. The first-order chi connectivity index (χ1) is 7.43. The van der Waals surface area contributed by atoms with Gasteiger partial charge in [-0.05, 0) is 22.6 Å². The molecule has 0 aliphatic rings. The third kappa shape index (κ3) is 3.54. The first-order valence-corrected chi connectivity index (χ1v) is 5.30. The Labute approximate surface area is 96.9 Å². The number of hydrogen-bond acceptors (Lipinski definition) is 2. The molecule has 2 heteroatoms. The molecule has 1 aromatic carbocycles. The van der Waals surface area contributed by atoms with Crippen LogP contribution in [-0.2, 0) is 14.9 Å². The maximum atomic E-state index is 11.0. The van der Waals surface area contributed by atoms with E-state index in [1.807, 2.05) is 12.1 Å². The van der Waals surface area contributed by atoms with E-state index in [9.17, 15) is 4.79 Å². The summed E-state index contributed by atoms with van der Waals surface area (Å²) in [6, 6.07) is 8.14. The number of methoxy groups -OCH3 is 1. The molecular formula is C14H18O2. The van der Waals surface area contributed by atoms with Crippen molar-refractivity contribution in [2.45, 2.75) is 26.2 Å². The van der Waals surface area contributed by atoms with E-state index in [1.54, 1.807) is 6.08 Å². The van der Waals surface area contributed by atoms with Gasteiger partial charge in [0.2, 0.25) is 0 Å². The number of rotatable bonds is 2. The number of ether oxygens (including phenoxy) is 1. The zero-order valence-electron chi connectivity index (χ0n) is 10.3. The van der Waals surface area contributed by atoms with Crippen LogP contribution in [0.5, 0.6) is 0 Å². The Bertz CT molecular complexity index is 397. The van der Waals surface area contributed by atoms with E-state index in [0.29, 0.717) is 0 Å². The third-order valence-corrected chi connectivity index (χ3v) is 2.37. The number of carbonyl (C=O) groups excluding carboxylic acids is 1. The highest BCUT2D eigenvalue weighted by Crippen LogP contribution is 2.23. The lowest BCUT2D eigenvalue weighted by Crippen LogP contribution is -2.10. The van der Waals surface area contributed by atoms with E-state index in [4.69, 9.17) is 0 Å². The van der Waals surface area contributed by atoms with Gasteiger partial charge in [-0.15, -0.1) is 0 Å². The van der Waals surface area contributed by atoms with E-state index >= 15 is 0 Å². The van der Waals surface area contributed by atoms with Crippen molar-refractivity contribution in [1.82, 2.24) is 0 Å². The molecule has 0 spiro atoms. The quantitative estimate of drug-likeness (QED) is 0.563. The molecule has 0 heterocycles.